The summed E-state index contributed by atoms with van der Waals surface area (Å²) >= 11 is 0. The minimum Gasteiger partial charge on any atom is -0.367 e. The molecule has 2 aliphatic heterocycles. The number of amides is 1. The SMILES string of the molecule is CCc1ncc(C(=O)Nc2ccc([C@H]3O[C@@H]4CN[C@H]3C4)cc2)cn1.[HH].[HH]. The lowest BCUT2D eigenvalue weighted by Crippen LogP contribution is -2.33. The zero-order chi connectivity index (χ0) is 16.5. The predicted octanol–water partition coefficient (Wildman–Crippen LogP) is 2.59. The Morgan fingerprint density at radius 3 is 2.67 bits per heavy atom. The number of carbonyl (C=O) groups excluding carboxylic acids is 1. The summed E-state index contributed by atoms with van der Waals surface area (Å²) in [5, 5.41) is 6.35. The summed E-state index contributed by atoms with van der Waals surface area (Å²) in [4.78, 5) is 20.5. The molecule has 1 aromatic heterocycles. The van der Waals surface area contributed by atoms with Crippen molar-refractivity contribution in [3.63, 3.8) is 0 Å². The Hall–Kier alpha value is -2.31. The maximum Gasteiger partial charge on any atom is 0.258 e. The molecule has 3 heterocycles. The Bertz CT molecular complexity index is 740. The van der Waals surface area contributed by atoms with Gasteiger partial charge in [-0.3, -0.25) is 4.79 Å². The Balaban J connectivity index is 0.00000121. The fourth-order valence-corrected chi connectivity index (χ4v) is 3.29. The summed E-state index contributed by atoms with van der Waals surface area (Å²) in [5.41, 5.74) is 2.35. The second-order valence-electron chi connectivity index (χ2n) is 6.25. The van der Waals surface area contributed by atoms with Gasteiger partial charge in [-0.2, -0.15) is 0 Å². The van der Waals surface area contributed by atoms with Crippen molar-refractivity contribution in [3.8, 4) is 0 Å². The highest BCUT2D eigenvalue weighted by Gasteiger charge is 2.41. The van der Waals surface area contributed by atoms with Crippen LogP contribution in [0.25, 0.3) is 0 Å². The third kappa shape index (κ3) is 2.90. The largest absolute Gasteiger partial charge is 0.367 e. The summed E-state index contributed by atoms with van der Waals surface area (Å²) in [6, 6.07) is 8.25. The number of rotatable bonds is 4. The highest BCUT2D eigenvalue weighted by Crippen LogP contribution is 2.37. The number of nitrogens with zero attached hydrogens (tertiary/aromatic N) is 2. The van der Waals surface area contributed by atoms with Crippen LogP contribution < -0.4 is 10.6 Å². The van der Waals surface area contributed by atoms with Gasteiger partial charge < -0.3 is 15.4 Å². The second kappa shape index (κ2) is 6.30. The second-order valence-corrected chi connectivity index (χ2v) is 6.25. The van der Waals surface area contributed by atoms with E-state index in [9.17, 15) is 4.79 Å². The van der Waals surface area contributed by atoms with E-state index in [1.54, 1.807) is 12.4 Å². The average molecular weight is 328 g/mol. The number of aryl methyl sites for hydroxylation is 1. The van der Waals surface area contributed by atoms with E-state index in [1.165, 1.54) is 0 Å². The molecule has 4 rings (SSSR count). The molecule has 2 bridgehead atoms. The van der Waals surface area contributed by atoms with Gasteiger partial charge in [-0.1, -0.05) is 19.1 Å². The number of ether oxygens (including phenoxy) is 1. The van der Waals surface area contributed by atoms with E-state index in [-0.39, 0.29) is 14.9 Å². The highest BCUT2D eigenvalue weighted by atomic mass is 16.5. The quantitative estimate of drug-likeness (QED) is 0.902. The van der Waals surface area contributed by atoms with Crippen molar-refractivity contribution >= 4 is 11.6 Å². The van der Waals surface area contributed by atoms with Gasteiger partial charge in [0.25, 0.3) is 5.91 Å². The predicted molar refractivity (Wildman–Crippen MR) is 94.1 cm³/mol. The number of morpholine rings is 1. The molecule has 6 nitrogen and oxygen atoms in total. The fourth-order valence-electron chi connectivity index (χ4n) is 3.29. The van der Waals surface area contributed by atoms with Crippen LogP contribution in [0.4, 0.5) is 5.69 Å². The van der Waals surface area contributed by atoms with Crippen LogP contribution in [0.2, 0.25) is 0 Å². The van der Waals surface area contributed by atoms with E-state index in [0.717, 1.165) is 36.5 Å². The van der Waals surface area contributed by atoms with E-state index >= 15 is 0 Å². The maximum absolute atomic E-state index is 12.2. The van der Waals surface area contributed by atoms with E-state index in [0.29, 0.717) is 17.7 Å². The number of benzene rings is 1. The van der Waals surface area contributed by atoms with Crippen LogP contribution in [0.1, 0.15) is 44.0 Å². The lowest BCUT2D eigenvalue weighted by atomic mass is 10.0. The molecule has 1 amide bonds. The van der Waals surface area contributed by atoms with Crippen molar-refractivity contribution in [1.82, 2.24) is 15.3 Å². The third-order valence-corrected chi connectivity index (χ3v) is 4.61. The van der Waals surface area contributed by atoms with Crippen molar-refractivity contribution < 1.29 is 12.4 Å². The standard InChI is InChI=1S/C18H20N4O2.2H2/c1-2-16-20-8-12(9-21-16)18(23)22-13-5-3-11(4-6-13)17-15-7-14(24-17)10-19-15;;/h3-6,8-9,14-15,17,19H,2,7,10H2,1H3,(H,22,23);2*1H/t14-,15-,17+;;/m0../s1. The normalized spacial score (nSPS) is 25.0. The summed E-state index contributed by atoms with van der Waals surface area (Å²) in [6.07, 6.45) is 5.41. The van der Waals surface area contributed by atoms with Gasteiger partial charge in [0, 0.05) is 39.9 Å². The molecule has 128 valence electrons. The first-order chi connectivity index (χ1) is 11.7. The van der Waals surface area contributed by atoms with Gasteiger partial charge in [-0.15, -0.1) is 0 Å². The molecule has 2 N–H and O–H groups in total. The van der Waals surface area contributed by atoms with Gasteiger partial charge in [-0.25, -0.2) is 9.97 Å². The summed E-state index contributed by atoms with van der Waals surface area (Å²) in [5.74, 6) is 0.526. The summed E-state index contributed by atoms with van der Waals surface area (Å²) in [6.45, 7) is 2.93. The molecule has 2 fully saturated rings. The minimum absolute atomic E-state index is 0. The molecule has 0 saturated carbocycles. The summed E-state index contributed by atoms with van der Waals surface area (Å²) in [7, 11) is 0. The summed E-state index contributed by atoms with van der Waals surface area (Å²) < 4.78 is 5.99. The number of aromatic nitrogens is 2. The Morgan fingerprint density at radius 2 is 2.08 bits per heavy atom. The molecule has 0 spiro atoms. The smallest absolute Gasteiger partial charge is 0.258 e. The molecule has 3 atom stereocenters. The van der Waals surface area contributed by atoms with Gasteiger partial charge in [-0.05, 0) is 24.1 Å². The van der Waals surface area contributed by atoms with Gasteiger partial charge in [0.05, 0.1) is 17.8 Å². The molecular weight excluding hydrogens is 304 g/mol. The maximum atomic E-state index is 12.2. The van der Waals surface area contributed by atoms with Gasteiger partial charge in [0.15, 0.2) is 0 Å². The average Bonchev–Trinajstić information content (AvgIpc) is 3.26. The number of fused-ring (bicyclic) bond motifs is 2. The van der Waals surface area contributed by atoms with Crippen LogP contribution in [0.15, 0.2) is 36.7 Å². The van der Waals surface area contributed by atoms with Crippen molar-refractivity contribution in [2.24, 2.45) is 0 Å². The number of nitrogens with one attached hydrogen (secondary N) is 2. The lowest BCUT2D eigenvalue weighted by molar-refractivity contribution is 0.0160. The molecule has 0 radical (unpaired) electrons. The Morgan fingerprint density at radius 1 is 1.33 bits per heavy atom. The Kier molecular flexibility index (Phi) is 4.00. The highest BCUT2D eigenvalue weighted by molar-refractivity contribution is 6.03. The van der Waals surface area contributed by atoms with E-state index < -0.39 is 0 Å². The van der Waals surface area contributed by atoms with E-state index in [2.05, 4.69) is 20.6 Å². The third-order valence-electron chi connectivity index (χ3n) is 4.61. The number of hydrogen-bond acceptors (Lipinski definition) is 5. The van der Waals surface area contributed by atoms with Crippen LogP contribution in [-0.4, -0.2) is 34.6 Å². The van der Waals surface area contributed by atoms with Gasteiger partial charge in [0.1, 0.15) is 5.82 Å². The fraction of sp³-hybridized carbons (Fsp3) is 0.389. The molecular formula is C18H24N4O2. The topological polar surface area (TPSA) is 76.1 Å². The Labute approximate surface area is 143 Å². The van der Waals surface area contributed by atoms with Crippen LogP contribution in [0.3, 0.4) is 0 Å². The number of carbonyl (C=O) groups is 1. The first kappa shape index (κ1) is 15.2. The minimum atomic E-state index is -0.205. The van der Waals surface area contributed by atoms with Crippen molar-refractivity contribution in [1.29, 1.82) is 0 Å². The lowest BCUT2D eigenvalue weighted by Gasteiger charge is -2.23. The van der Waals surface area contributed by atoms with Crippen molar-refractivity contribution in [2.75, 3.05) is 11.9 Å². The van der Waals surface area contributed by atoms with Crippen LogP contribution in [0.5, 0.6) is 0 Å². The molecule has 0 unspecified atom stereocenters. The van der Waals surface area contributed by atoms with Crippen LogP contribution in [-0.2, 0) is 11.2 Å². The molecule has 2 saturated heterocycles. The zero-order valence-corrected chi connectivity index (χ0v) is 13.5. The van der Waals surface area contributed by atoms with Gasteiger partial charge >= 0.3 is 0 Å². The molecule has 2 aromatic rings. The molecule has 24 heavy (non-hydrogen) atoms. The number of hydrogen-bond donors (Lipinski definition) is 2. The molecule has 1 aromatic carbocycles. The monoisotopic (exact) mass is 328 g/mol. The van der Waals surface area contributed by atoms with Crippen molar-refractivity contribution in [3.05, 3.63) is 53.6 Å². The van der Waals surface area contributed by atoms with E-state index in [1.807, 2.05) is 31.2 Å². The van der Waals surface area contributed by atoms with Crippen molar-refractivity contribution in [2.45, 2.75) is 38.0 Å². The van der Waals surface area contributed by atoms with Crippen LogP contribution in [0, 0.1) is 0 Å². The molecule has 0 aliphatic carbocycles. The molecule has 2 aliphatic rings. The van der Waals surface area contributed by atoms with E-state index in [4.69, 9.17) is 4.74 Å². The molecule has 6 heteroatoms. The number of anilines is 1. The first-order valence-electron chi connectivity index (χ1n) is 8.34. The van der Waals surface area contributed by atoms with Crippen LogP contribution >= 0.6 is 0 Å². The first-order valence-corrected chi connectivity index (χ1v) is 8.34. The zero-order valence-electron chi connectivity index (χ0n) is 13.5. The van der Waals surface area contributed by atoms with Gasteiger partial charge in [0.2, 0.25) is 0 Å².